The molecular weight excluding hydrogens is 383 g/mol. The molecule has 4 aromatic rings. The van der Waals surface area contributed by atoms with E-state index < -0.39 is 8.25 Å². The quantitative estimate of drug-likeness (QED) is 0.453. The van der Waals surface area contributed by atoms with Gasteiger partial charge in [0.1, 0.15) is 23.7 Å². The van der Waals surface area contributed by atoms with Crippen LogP contribution in [0.2, 0.25) is 0 Å². The Morgan fingerprint density at radius 2 is 1.14 bits per heavy atom. The Balaban J connectivity index is 1.42. The fourth-order valence-corrected chi connectivity index (χ4v) is 3.38. The van der Waals surface area contributed by atoms with E-state index in [4.69, 9.17) is 17.9 Å². The molecule has 0 atom stereocenters. The summed E-state index contributed by atoms with van der Waals surface area (Å²) in [6.45, 7) is -0.450. The molecule has 4 rings (SSSR count). The minimum atomic E-state index is -2.93. The van der Waals surface area contributed by atoms with Crippen molar-refractivity contribution in [3.63, 3.8) is 0 Å². The van der Waals surface area contributed by atoms with Gasteiger partial charge in [0.25, 0.3) is 0 Å². The highest BCUT2D eigenvalue weighted by Gasteiger charge is 2.11. The summed E-state index contributed by atoms with van der Waals surface area (Å²) in [7, 11) is -2.93. The lowest BCUT2D eigenvalue weighted by Gasteiger charge is -2.06. The van der Waals surface area contributed by atoms with E-state index in [9.17, 15) is 14.2 Å². The first kappa shape index (κ1) is 18.4. The Hall–Kier alpha value is -2.99. The predicted octanol–water partition coefficient (Wildman–Crippen LogP) is 4.02. The maximum absolute atomic E-state index is 12.4. The van der Waals surface area contributed by atoms with Gasteiger partial charge >= 0.3 is 8.25 Å². The zero-order valence-electron chi connectivity index (χ0n) is 14.5. The SMILES string of the molecule is O=c1c(CO[PH](=O)OCc2coc3ccccc3c2=O)coc2ccccc12. The maximum atomic E-state index is 12.4. The molecule has 0 spiro atoms. The number of rotatable bonds is 6. The summed E-state index contributed by atoms with van der Waals surface area (Å²) in [5, 5.41) is 0.830. The van der Waals surface area contributed by atoms with E-state index in [2.05, 4.69) is 0 Å². The van der Waals surface area contributed by atoms with Crippen LogP contribution in [-0.4, -0.2) is 0 Å². The van der Waals surface area contributed by atoms with E-state index in [1.165, 1.54) is 12.5 Å². The van der Waals surface area contributed by atoms with E-state index in [0.717, 1.165) is 0 Å². The molecule has 0 bridgehead atoms. The lowest BCUT2D eigenvalue weighted by Crippen LogP contribution is -2.10. The van der Waals surface area contributed by atoms with Crippen molar-refractivity contribution in [1.29, 1.82) is 0 Å². The van der Waals surface area contributed by atoms with Crippen molar-refractivity contribution >= 4 is 30.2 Å². The van der Waals surface area contributed by atoms with Crippen LogP contribution in [0.3, 0.4) is 0 Å². The van der Waals surface area contributed by atoms with Gasteiger partial charge in [0.15, 0.2) is 10.9 Å². The molecule has 28 heavy (non-hydrogen) atoms. The zero-order chi connectivity index (χ0) is 19.5. The molecule has 0 aliphatic rings. The van der Waals surface area contributed by atoms with Crippen molar-refractivity contribution in [2.75, 3.05) is 0 Å². The minimum absolute atomic E-state index is 0.225. The normalized spacial score (nSPS) is 11.5. The second kappa shape index (κ2) is 7.94. The highest BCUT2D eigenvalue weighted by molar-refractivity contribution is 7.33. The Morgan fingerprint density at radius 3 is 1.61 bits per heavy atom. The van der Waals surface area contributed by atoms with Gasteiger partial charge in [-0.15, -0.1) is 0 Å². The van der Waals surface area contributed by atoms with E-state index in [-0.39, 0.29) is 35.2 Å². The van der Waals surface area contributed by atoms with Crippen molar-refractivity contribution in [2.24, 2.45) is 0 Å². The maximum Gasteiger partial charge on any atom is 0.319 e. The standard InChI is InChI=1S/C20H15O7P/c21-19-13(9-24-17-7-3-1-5-15(17)19)11-26-28(23)27-12-14-10-25-18-8-4-2-6-16(18)20(14)22/h1-10,28H,11-12H2. The van der Waals surface area contributed by atoms with Gasteiger partial charge in [-0.1, -0.05) is 24.3 Å². The van der Waals surface area contributed by atoms with Gasteiger partial charge in [0.05, 0.1) is 35.1 Å². The summed E-state index contributed by atoms with van der Waals surface area (Å²) in [6.07, 6.45) is 2.55. The highest BCUT2D eigenvalue weighted by atomic mass is 31.1. The molecule has 0 saturated carbocycles. The Morgan fingerprint density at radius 1 is 0.714 bits per heavy atom. The first-order valence-electron chi connectivity index (χ1n) is 8.42. The fraction of sp³-hybridized carbons (Fsp3) is 0.100. The molecule has 0 radical (unpaired) electrons. The number of fused-ring (bicyclic) bond motifs is 2. The average Bonchev–Trinajstić information content (AvgIpc) is 2.73. The molecule has 0 N–H and O–H groups in total. The van der Waals surface area contributed by atoms with Crippen molar-refractivity contribution in [2.45, 2.75) is 13.2 Å². The van der Waals surface area contributed by atoms with Gasteiger partial charge in [-0.05, 0) is 24.3 Å². The largest absolute Gasteiger partial charge is 0.464 e. The molecule has 0 fully saturated rings. The van der Waals surface area contributed by atoms with E-state index >= 15 is 0 Å². The van der Waals surface area contributed by atoms with Crippen LogP contribution in [0.25, 0.3) is 21.9 Å². The number of benzene rings is 2. The minimum Gasteiger partial charge on any atom is -0.464 e. The lowest BCUT2D eigenvalue weighted by molar-refractivity contribution is 0.210. The third-order valence-electron chi connectivity index (χ3n) is 4.19. The van der Waals surface area contributed by atoms with Gasteiger partial charge in [-0.3, -0.25) is 14.2 Å². The van der Waals surface area contributed by atoms with Crippen molar-refractivity contribution in [3.8, 4) is 0 Å². The molecule has 0 aliphatic carbocycles. The molecule has 0 saturated heterocycles. The van der Waals surface area contributed by atoms with Crippen molar-refractivity contribution in [1.82, 2.24) is 0 Å². The summed E-state index contributed by atoms with van der Waals surface area (Å²) in [5.74, 6) is 0. The second-order valence-corrected chi connectivity index (χ2v) is 7.08. The predicted molar refractivity (Wildman–Crippen MR) is 104 cm³/mol. The molecule has 0 aliphatic heterocycles. The van der Waals surface area contributed by atoms with Crippen LogP contribution in [0.5, 0.6) is 0 Å². The second-order valence-electron chi connectivity index (χ2n) is 6.00. The highest BCUT2D eigenvalue weighted by Crippen LogP contribution is 2.27. The Kier molecular flexibility index (Phi) is 5.21. The lowest BCUT2D eigenvalue weighted by atomic mass is 10.2. The van der Waals surface area contributed by atoms with Gasteiger partial charge in [-0.25, -0.2) is 0 Å². The first-order valence-corrected chi connectivity index (χ1v) is 9.64. The van der Waals surface area contributed by atoms with Gasteiger partial charge in [0.2, 0.25) is 0 Å². The Labute approximate surface area is 159 Å². The van der Waals surface area contributed by atoms with E-state index in [0.29, 0.717) is 21.9 Å². The Bertz CT molecular complexity index is 1190. The van der Waals surface area contributed by atoms with Crippen molar-refractivity contribution in [3.05, 3.63) is 92.6 Å². The number of hydrogen-bond acceptors (Lipinski definition) is 7. The summed E-state index contributed by atoms with van der Waals surface area (Å²) in [5.41, 5.74) is 0.863. The first-order chi connectivity index (χ1) is 13.6. The average molecular weight is 398 g/mol. The molecule has 142 valence electrons. The topological polar surface area (TPSA) is 96.0 Å². The van der Waals surface area contributed by atoms with Gasteiger partial charge < -0.3 is 17.9 Å². The van der Waals surface area contributed by atoms with E-state index in [1.54, 1.807) is 48.5 Å². The van der Waals surface area contributed by atoms with Crippen molar-refractivity contribution < 1.29 is 22.4 Å². The van der Waals surface area contributed by atoms with Gasteiger partial charge in [0, 0.05) is 0 Å². The summed E-state index contributed by atoms with van der Waals surface area (Å²) in [6, 6.07) is 13.6. The van der Waals surface area contributed by atoms with Crippen LogP contribution in [-0.2, 0) is 26.8 Å². The monoisotopic (exact) mass is 398 g/mol. The molecule has 0 unspecified atom stereocenters. The molecular formula is C20H15O7P. The molecule has 0 amide bonds. The number of para-hydroxylation sites is 2. The van der Waals surface area contributed by atoms with E-state index in [1.807, 2.05) is 0 Å². The summed E-state index contributed by atoms with van der Waals surface area (Å²) in [4.78, 5) is 24.7. The summed E-state index contributed by atoms with van der Waals surface area (Å²) >= 11 is 0. The molecule has 2 heterocycles. The van der Waals surface area contributed by atoms with Crippen LogP contribution < -0.4 is 10.9 Å². The summed E-state index contributed by atoms with van der Waals surface area (Å²) < 4.78 is 33.0. The number of hydrogen-bond donors (Lipinski definition) is 0. The molecule has 2 aromatic heterocycles. The van der Waals surface area contributed by atoms with Gasteiger partial charge in [-0.2, -0.15) is 0 Å². The van der Waals surface area contributed by atoms with Crippen LogP contribution in [0, 0.1) is 0 Å². The molecule has 7 nitrogen and oxygen atoms in total. The molecule has 8 heteroatoms. The van der Waals surface area contributed by atoms with Crippen LogP contribution in [0.4, 0.5) is 0 Å². The fourth-order valence-electron chi connectivity index (χ4n) is 2.75. The third kappa shape index (κ3) is 3.68. The smallest absolute Gasteiger partial charge is 0.319 e. The third-order valence-corrected chi connectivity index (χ3v) is 4.95. The van der Waals surface area contributed by atoms with Crippen LogP contribution in [0.15, 0.2) is 79.5 Å². The van der Waals surface area contributed by atoms with Crippen LogP contribution in [0.1, 0.15) is 11.1 Å². The zero-order valence-corrected chi connectivity index (χ0v) is 15.5. The van der Waals surface area contributed by atoms with Crippen LogP contribution >= 0.6 is 8.25 Å². The molecule has 2 aromatic carbocycles.